The summed E-state index contributed by atoms with van der Waals surface area (Å²) in [5.74, 6) is -3.84. The molecule has 0 bridgehead atoms. The highest BCUT2D eigenvalue weighted by Crippen LogP contribution is 2.23. The Labute approximate surface area is 146 Å². The maximum atomic E-state index is 13.3. The molecule has 0 aliphatic heterocycles. The third-order valence-corrected chi connectivity index (χ3v) is 4.05. The Morgan fingerprint density at radius 3 is 2.56 bits per heavy atom. The zero-order chi connectivity index (χ0) is 18.1. The maximum Gasteiger partial charge on any atom is 0.340 e. The number of esters is 1. The summed E-state index contributed by atoms with van der Waals surface area (Å²) in [5, 5.41) is 0.400. The Hall–Kier alpha value is -2.73. The lowest BCUT2D eigenvalue weighted by atomic mass is 10.1. The number of para-hydroxylation sites is 1. The molecule has 0 aliphatic rings. The summed E-state index contributed by atoms with van der Waals surface area (Å²) < 4.78 is 31.5. The predicted molar refractivity (Wildman–Crippen MR) is 88.9 cm³/mol. The molecular formula is C18H12ClF2NO3. The van der Waals surface area contributed by atoms with Crippen LogP contribution < -0.4 is 0 Å². The number of Topliss-reactive ketones (excluding diaryl/α,β-unsaturated/α-hetero) is 1. The van der Waals surface area contributed by atoms with Gasteiger partial charge in [0.25, 0.3) is 0 Å². The van der Waals surface area contributed by atoms with Crippen LogP contribution in [0.15, 0.2) is 42.6 Å². The molecule has 7 heteroatoms. The molecule has 1 N–H and O–H groups in total. The van der Waals surface area contributed by atoms with Crippen molar-refractivity contribution in [2.45, 2.75) is 13.0 Å². The molecule has 1 atom stereocenters. The molecule has 0 aliphatic carbocycles. The van der Waals surface area contributed by atoms with E-state index in [2.05, 4.69) is 4.98 Å². The third-order valence-electron chi connectivity index (χ3n) is 3.74. The van der Waals surface area contributed by atoms with Gasteiger partial charge in [-0.05, 0) is 25.1 Å². The first-order valence-electron chi connectivity index (χ1n) is 7.34. The minimum atomic E-state index is -1.23. The average molecular weight is 364 g/mol. The lowest BCUT2D eigenvalue weighted by Gasteiger charge is -2.13. The summed E-state index contributed by atoms with van der Waals surface area (Å²) in [7, 11) is 0. The van der Waals surface area contributed by atoms with E-state index in [-0.39, 0.29) is 10.6 Å². The van der Waals surface area contributed by atoms with Crippen molar-refractivity contribution in [1.29, 1.82) is 0 Å². The fourth-order valence-corrected chi connectivity index (χ4v) is 2.68. The van der Waals surface area contributed by atoms with E-state index in [0.29, 0.717) is 23.1 Å². The number of hydrogen-bond donors (Lipinski definition) is 1. The monoisotopic (exact) mass is 363 g/mol. The van der Waals surface area contributed by atoms with E-state index < -0.39 is 29.5 Å². The molecule has 0 fully saturated rings. The van der Waals surface area contributed by atoms with Crippen LogP contribution in [0, 0.1) is 11.6 Å². The molecule has 0 saturated heterocycles. The Balaban J connectivity index is 1.82. The van der Waals surface area contributed by atoms with Crippen LogP contribution >= 0.6 is 11.6 Å². The van der Waals surface area contributed by atoms with Crippen molar-refractivity contribution in [2.24, 2.45) is 0 Å². The Morgan fingerprint density at radius 2 is 1.80 bits per heavy atom. The van der Waals surface area contributed by atoms with E-state index in [1.165, 1.54) is 13.1 Å². The van der Waals surface area contributed by atoms with E-state index in [0.717, 1.165) is 5.52 Å². The van der Waals surface area contributed by atoms with Crippen molar-refractivity contribution in [2.75, 3.05) is 0 Å². The Bertz CT molecular complexity index is 984. The second-order valence-corrected chi connectivity index (χ2v) is 5.81. The number of carbonyl (C=O) groups is 2. The topological polar surface area (TPSA) is 59.2 Å². The first kappa shape index (κ1) is 17.1. The number of nitrogens with one attached hydrogen (secondary N) is 1. The summed E-state index contributed by atoms with van der Waals surface area (Å²) in [6, 6.07) is 8.50. The first-order chi connectivity index (χ1) is 11.9. The standard InChI is InChI=1S/C18H12ClF2NO3/c1-9(17(23)12-8-22-16-5-3-2-4-10(12)16)25-18(24)11-6-14(20)15(21)7-13(11)19/h2-9,22H,1H3. The van der Waals surface area contributed by atoms with Gasteiger partial charge in [-0.1, -0.05) is 29.8 Å². The van der Waals surface area contributed by atoms with Crippen LogP contribution in [-0.4, -0.2) is 22.8 Å². The van der Waals surface area contributed by atoms with E-state index >= 15 is 0 Å². The highest BCUT2D eigenvalue weighted by molar-refractivity contribution is 6.33. The van der Waals surface area contributed by atoms with Crippen molar-refractivity contribution >= 4 is 34.3 Å². The molecule has 1 unspecified atom stereocenters. The first-order valence-corrected chi connectivity index (χ1v) is 7.72. The quantitative estimate of drug-likeness (QED) is 0.421. The van der Waals surface area contributed by atoms with Crippen LogP contribution in [0.4, 0.5) is 8.78 Å². The van der Waals surface area contributed by atoms with Gasteiger partial charge < -0.3 is 9.72 Å². The van der Waals surface area contributed by atoms with Crippen LogP contribution in [-0.2, 0) is 4.74 Å². The molecule has 128 valence electrons. The average Bonchev–Trinajstić information content (AvgIpc) is 3.01. The van der Waals surface area contributed by atoms with Gasteiger partial charge in [-0.2, -0.15) is 0 Å². The summed E-state index contributed by atoms with van der Waals surface area (Å²) in [6.07, 6.45) is 0.401. The van der Waals surface area contributed by atoms with Crippen LogP contribution in [0.1, 0.15) is 27.6 Å². The van der Waals surface area contributed by atoms with Gasteiger partial charge in [-0.25, -0.2) is 13.6 Å². The molecule has 25 heavy (non-hydrogen) atoms. The molecular weight excluding hydrogens is 352 g/mol. The SMILES string of the molecule is CC(OC(=O)c1cc(F)c(F)cc1Cl)C(=O)c1c[nH]c2ccccc12. The maximum absolute atomic E-state index is 13.3. The number of H-pyrrole nitrogens is 1. The van der Waals surface area contributed by atoms with Gasteiger partial charge in [-0.15, -0.1) is 0 Å². The van der Waals surface area contributed by atoms with Gasteiger partial charge >= 0.3 is 5.97 Å². The molecule has 1 heterocycles. The number of aromatic amines is 1. The fraction of sp³-hybridized carbons (Fsp3) is 0.111. The molecule has 0 saturated carbocycles. The van der Waals surface area contributed by atoms with Gasteiger partial charge in [0.2, 0.25) is 5.78 Å². The third kappa shape index (κ3) is 3.25. The number of carbonyl (C=O) groups excluding carboxylic acids is 2. The second kappa shape index (κ2) is 6.64. The van der Waals surface area contributed by atoms with Crippen LogP contribution in [0.3, 0.4) is 0 Å². The summed E-state index contributed by atoms with van der Waals surface area (Å²) in [6.45, 7) is 1.40. The molecule has 1 aromatic heterocycles. The molecule has 0 amide bonds. The minimum Gasteiger partial charge on any atom is -0.451 e. The number of ether oxygens (including phenoxy) is 1. The van der Waals surface area contributed by atoms with Crippen molar-refractivity contribution < 1.29 is 23.1 Å². The van der Waals surface area contributed by atoms with E-state index in [4.69, 9.17) is 16.3 Å². The van der Waals surface area contributed by atoms with Crippen LogP contribution in [0.5, 0.6) is 0 Å². The predicted octanol–water partition coefficient (Wildman–Crippen LogP) is 4.53. The van der Waals surface area contributed by atoms with Crippen molar-refractivity contribution in [3.63, 3.8) is 0 Å². The normalized spacial score (nSPS) is 12.2. The Morgan fingerprint density at radius 1 is 1.12 bits per heavy atom. The van der Waals surface area contributed by atoms with Gasteiger partial charge in [0.05, 0.1) is 10.6 Å². The molecule has 4 nitrogen and oxygen atoms in total. The zero-order valence-electron chi connectivity index (χ0n) is 13.0. The van der Waals surface area contributed by atoms with Crippen molar-refractivity contribution in [3.8, 4) is 0 Å². The second-order valence-electron chi connectivity index (χ2n) is 5.41. The van der Waals surface area contributed by atoms with Gasteiger partial charge in [-0.3, -0.25) is 4.79 Å². The highest BCUT2D eigenvalue weighted by Gasteiger charge is 2.24. The molecule has 3 rings (SSSR count). The summed E-state index contributed by atoms with van der Waals surface area (Å²) >= 11 is 5.74. The lowest BCUT2D eigenvalue weighted by Crippen LogP contribution is -2.24. The number of aromatic nitrogens is 1. The number of fused-ring (bicyclic) bond motifs is 1. The number of halogens is 3. The number of ketones is 1. The van der Waals surface area contributed by atoms with E-state index in [1.807, 2.05) is 12.1 Å². The van der Waals surface area contributed by atoms with Crippen molar-refractivity contribution in [3.05, 3.63) is 70.4 Å². The number of rotatable bonds is 4. The zero-order valence-corrected chi connectivity index (χ0v) is 13.7. The fourth-order valence-electron chi connectivity index (χ4n) is 2.45. The number of benzene rings is 2. The van der Waals surface area contributed by atoms with Gasteiger partial charge in [0, 0.05) is 22.7 Å². The molecule has 2 aromatic carbocycles. The molecule has 3 aromatic rings. The number of hydrogen-bond acceptors (Lipinski definition) is 3. The Kier molecular flexibility index (Phi) is 4.55. The van der Waals surface area contributed by atoms with Crippen LogP contribution in [0.2, 0.25) is 5.02 Å². The summed E-state index contributed by atoms with van der Waals surface area (Å²) in [4.78, 5) is 27.6. The van der Waals surface area contributed by atoms with Gasteiger partial charge in [0.15, 0.2) is 17.7 Å². The smallest absolute Gasteiger partial charge is 0.340 e. The lowest BCUT2D eigenvalue weighted by molar-refractivity contribution is 0.0319. The van der Waals surface area contributed by atoms with Crippen molar-refractivity contribution in [1.82, 2.24) is 4.98 Å². The van der Waals surface area contributed by atoms with Crippen LogP contribution in [0.25, 0.3) is 10.9 Å². The minimum absolute atomic E-state index is 0.296. The summed E-state index contributed by atoms with van der Waals surface area (Å²) in [5.41, 5.74) is 0.791. The highest BCUT2D eigenvalue weighted by atomic mass is 35.5. The molecule has 0 radical (unpaired) electrons. The largest absolute Gasteiger partial charge is 0.451 e. The van der Waals surface area contributed by atoms with E-state index in [9.17, 15) is 18.4 Å². The van der Waals surface area contributed by atoms with Gasteiger partial charge in [0.1, 0.15) is 0 Å². The van der Waals surface area contributed by atoms with E-state index in [1.54, 1.807) is 12.1 Å². The molecule has 0 spiro atoms.